The lowest BCUT2D eigenvalue weighted by Gasteiger charge is -2.10. The fourth-order valence-electron chi connectivity index (χ4n) is 2.09. The van der Waals surface area contributed by atoms with E-state index in [1.165, 1.54) is 16.4 Å². The number of thiazole rings is 1. The van der Waals surface area contributed by atoms with Crippen molar-refractivity contribution in [3.05, 3.63) is 40.1 Å². The van der Waals surface area contributed by atoms with Crippen molar-refractivity contribution in [3.8, 4) is 0 Å². The molecule has 0 aliphatic rings. The molecule has 2 aromatic heterocycles. The van der Waals surface area contributed by atoms with E-state index in [1.807, 2.05) is 0 Å². The zero-order valence-electron chi connectivity index (χ0n) is 12.9. The molecule has 3 nitrogen and oxygen atoms in total. The third-order valence-corrected chi connectivity index (χ3v) is 4.37. The largest absolute Gasteiger partial charge is 0.344 e. The summed E-state index contributed by atoms with van der Waals surface area (Å²) in [5, 5.41) is 6.91. The van der Waals surface area contributed by atoms with Gasteiger partial charge in [-0.15, -0.1) is 11.3 Å². The second kappa shape index (κ2) is 7.04. The molecule has 0 saturated heterocycles. The summed E-state index contributed by atoms with van der Waals surface area (Å²) in [7, 11) is 0. The molecule has 2 heterocycles. The van der Waals surface area contributed by atoms with E-state index in [1.54, 1.807) is 11.3 Å². The lowest BCUT2D eigenvalue weighted by atomic mass is 10.2. The molecule has 2 rings (SSSR count). The Morgan fingerprint density at radius 2 is 2.10 bits per heavy atom. The Morgan fingerprint density at radius 3 is 2.75 bits per heavy atom. The SMILES string of the molecule is CC(C)CNCc1cccn1Cc1csc(C(C)C)n1. The first-order valence-corrected chi connectivity index (χ1v) is 8.23. The van der Waals surface area contributed by atoms with E-state index in [-0.39, 0.29) is 0 Å². The van der Waals surface area contributed by atoms with Gasteiger partial charge in [-0.05, 0) is 24.6 Å². The molecular formula is C16H25N3S. The van der Waals surface area contributed by atoms with Gasteiger partial charge in [-0.3, -0.25) is 0 Å². The van der Waals surface area contributed by atoms with Crippen LogP contribution in [-0.4, -0.2) is 16.1 Å². The van der Waals surface area contributed by atoms with Crippen LogP contribution in [0, 0.1) is 5.92 Å². The fraction of sp³-hybridized carbons (Fsp3) is 0.562. The smallest absolute Gasteiger partial charge is 0.0954 e. The maximum atomic E-state index is 4.71. The van der Waals surface area contributed by atoms with E-state index >= 15 is 0 Å². The van der Waals surface area contributed by atoms with Crippen molar-refractivity contribution in [2.75, 3.05) is 6.54 Å². The second-order valence-corrected chi connectivity index (χ2v) is 6.87. The second-order valence-electron chi connectivity index (χ2n) is 5.98. The fourth-order valence-corrected chi connectivity index (χ4v) is 2.91. The Bertz CT molecular complexity index is 525. The van der Waals surface area contributed by atoms with Gasteiger partial charge in [-0.1, -0.05) is 27.7 Å². The maximum Gasteiger partial charge on any atom is 0.0954 e. The molecular weight excluding hydrogens is 266 g/mol. The molecule has 0 fully saturated rings. The predicted octanol–water partition coefficient (Wildman–Crippen LogP) is 3.86. The summed E-state index contributed by atoms with van der Waals surface area (Å²) < 4.78 is 2.28. The van der Waals surface area contributed by atoms with Crippen LogP contribution in [0.3, 0.4) is 0 Å². The highest BCUT2D eigenvalue weighted by molar-refractivity contribution is 7.09. The van der Waals surface area contributed by atoms with Crippen molar-refractivity contribution in [3.63, 3.8) is 0 Å². The van der Waals surface area contributed by atoms with Gasteiger partial charge < -0.3 is 9.88 Å². The van der Waals surface area contributed by atoms with E-state index < -0.39 is 0 Å². The van der Waals surface area contributed by atoms with Crippen molar-refractivity contribution in [2.24, 2.45) is 5.92 Å². The highest BCUT2D eigenvalue weighted by Gasteiger charge is 2.08. The molecule has 110 valence electrons. The summed E-state index contributed by atoms with van der Waals surface area (Å²) in [6.07, 6.45) is 2.14. The van der Waals surface area contributed by atoms with Crippen LogP contribution >= 0.6 is 11.3 Å². The van der Waals surface area contributed by atoms with Crippen molar-refractivity contribution in [1.82, 2.24) is 14.9 Å². The predicted molar refractivity (Wildman–Crippen MR) is 86.3 cm³/mol. The van der Waals surface area contributed by atoms with E-state index in [0.29, 0.717) is 11.8 Å². The molecule has 0 aliphatic heterocycles. The van der Waals surface area contributed by atoms with Crippen molar-refractivity contribution < 1.29 is 0 Å². The van der Waals surface area contributed by atoms with E-state index in [9.17, 15) is 0 Å². The molecule has 0 saturated carbocycles. The molecule has 0 spiro atoms. The molecule has 0 atom stereocenters. The normalized spacial score (nSPS) is 11.7. The van der Waals surface area contributed by atoms with Crippen LogP contribution in [0.5, 0.6) is 0 Å². The summed E-state index contributed by atoms with van der Waals surface area (Å²) in [5.74, 6) is 1.20. The van der Waals surface area contributed by atoms with Crippen molar-refractivity contribution in [2.45, 2.75) is 46.7 Å². The minimum atomic E-state index is 0.519. The van der Waals surface area contributed by atoms with Gasteiger partial charge in [0, 0.05) is 29.7 Å². The Hall–Kier alpha value is -1.13. The first-order valence-electron chi connectivity index (χ1n) is 7.35. The third kappa shape index (κ3) is 4.18. The molecule has 20 heavy (non-hydrogen) atoms. The number of aromatic nitrogens is 2. The van der Waals surface area contributed by atoms with Crippen LogP contribution in [0.4, 0.5) is 0 Å². The lowest BCUT2D eigenvalue weighted by Crippen LogP contribution is -2.21. The van der Waals surface area contributed by atoms with Crippen molar-refractivity contribution >= 4 is 11.3 Å². The minimum absolute atomic E-state index is 0.519. The van der Waals surface area contributed by atoms with E-state index in [2.05, 4.69) is 61.3 Å². The molecule has 0 unspecified atom stereocenters. The van der Waals surface area contributed by atoms with Gasteiger partial charge in [0.25, 0.3) is 0 Å². The van der Waals surface area contributed by atoms with Crippen LogP contribution in [-0.2, 0) is 13.1 Å². The van der Waals surface area contributed by atoms with Gasteiger partial charge >= 0.3 is 0 Å². The van der Waals surface area contributed by atoms with Gasteiger partial charge in [0.05, 0.1) is 17.2 Å². The number of hydrogen-bond donors (Lipinski definition) is 1. The molecule has 0 radical (unpaired) electrons. The van der Waals surface area contributed by atoms with Crippen LogP contribution in [0.25, 0.3) is 0 Å². The van der Waals surface area contributed by atoms with Gasteiger partial charge in [-0.25, -0.2) is 4.98 Å². The van der Waals surface area contributed by atoms with Crippen molar-refractivity contribution in [1.29, 1.82) is 0 Å². The molecule has 2 aromatic rings. The van der Waals surface area contributed by atoms with Gasteiger partial charge in [0.2, 0.25) is 0 Å². The summed E-state index contributed by atoms with van der Waals surface area (Å²) in [5.41, 5.74) is 2.49. The minimum Gasteiger partial charge on any atom is -0.344 e. The average molecular weight is 291 g/mol. The lowest BCUT2D eigenvalue weighted by molar-refractivity contribution is 0.538. The molecule has 0 aromatic carbocycles. The van der Waals surface area contributed by atoms with Crippen LogP contribution in [0.15, 0.2) is 23.7 Å². The topological polar surface area (TPSA) is 29.9 Å². The van der Waals surface area contributed by atoms with Gasteiger partial charge in [0.15, 0.2) is 0 Å². The standard InChI is InChI=1S/C16H25N3S/c1-12(2)8-17-9-15-6-5-7-19(15)10-14-11-20-16(18-14)13(3)4/h5-7,11-13,17H,8-10H2,1-4H3. The van der Waals surface area contributed by atoms with Crippen LogP contribution in [0.1, 0.15) is 50.0 Å². The van der Waals surface area contributed by atoms with Crippen LogP contribution < -0.4 is 5.32 Å². The summed E-state index contributed by atoms with van der Waals surface area (Å²) in [6, 6.07) is 4.30. The highest BCUT2D eigenvalue weighted by atomic mass is 32.1. The summed E-state index contributed by atoms with van der Waals surface area (Å²) in [6.45, 7) is 11.7. The Balaban J connectivity index is 1.97. The molecule has 4 heteroatoms. The molecule has 1 N–H and O–H groups in total. The van der Waals surface area contributed by atoms with Gasteiger partial charge in [0.1, 0.15) is 0 Å². The molecule has 0 aliphatic carbocycles. The quantitative estimate of drug-likeness (QED) is 0.839. The number of rotatable bonds is 7. The van der Waals surface area contributed by atoms with Crippen LogP contribution in [0.2, 0.25) is 0 Å². The average Bonchev–Trinajstić information content (AvgIpc) is 2.99. The monoisotopic (exact) mass is 291 g/mol. The zero-order valence-corrected chi connectivity index (χ0v) is 13.7. The first-order chi connectivity index (χ1) is 9.56. The maximum absolute atomic E-state index is 4.71. The van der Waals surface area contributed by atoms with E-state index in [4.69, 9.17) is 4.98 Å². The molecule has 0 bridgehead atoms. The first kappa shape index (κ1) is 15.3. The van der Waals surface area contributed by atoms with E-state index in [0.717, 1.165) is 19.6 Å². The molecule has 0 amide bonds. The highest BCUT2D eigenvalue weighted by Crippen LogP contribution is 2.20. The Morgan fingerprint density at radius 1 is 1.30 bits per heavy atom. The summed E-state index contributed by atoms with van der Waals surface area (Å²) >= 11 is 1.77. The number of hydrogen-bond acceptors (Lipinski definition) is 3. The summed E-state index contributed by atoms with van der Waals surface area (Å²) in [4.78, 5) is 4.71. The third-order valence-electron chi connectivity index (χ3n) is 3.18. The number of nitrogens with zero attached hydrogens (tertiary/aromatic N) is 2. The zero-order chi connectivity index (χ0) is 14.5. The van der Waals surface area contributed by atoms with Gasteiger partial charge in [-0.2, -0.15) is 0 Å². The number of nitrogens with one attached hydrogen (secondary N) is 1. The Kier molecular flexibility index (Phi) is 5.38. The Labute approximate surface area is 126 Å².